The lowest BCUT2D eigenvalue weighted by molar-refractivity contribution is 0.0371. The van der Waals surface area contributed by atoms with Gasteiger partial charge in [0.15, 0.2) is 0 Å². The molecule has 0 spiro atoms. The maximum Gasteiger partial charge on any atom is 0.274 e. The maximum absolute atomic E-state index is 12.5. The van der Waals surface area contributed by atoms with E-state index >= 15 is 0 Å². The Bertz CT molecular complexity index is 939. The van der Waals surface area contributed by atoms with Crippen LogP contribution in [0.15, 0.2) is 33.6 Å². The van der Waals surface area contributed by atoms with Crippen molar-refractivity contribution in [1.82, 2.24) is 25.2 Å². The zero-order valence-electron chi connectivity index (χ0n) is 12.7. The van der Waals surface area contributed by atoms with Crippen molar-refractivity contribution in [3.63, 3.8) is 0 Å². The van der Waals surface area contributed by atoms with Gasteiger partial charge in [-0.15, -0.1) is 11.3 Å². The molecule has 122 valence electrons. The van der Waals surface area contributed by atoms with Crippen LogP contribution in [0, 0.1) is 6.92 Å². The number of aromatic nitrogens is 4. The standard InChI is InChI=1S/C15H13N5O3S/c1-8-2-4-11(24-8)13-16-14(23-19-13)10-6-7-20(10)15(22)9-3-5-12(21)18-17-9/h2-5,10H,6-7H2,1H3,(H,18,21)/t10-/m0/s1. The molecule has 1 atom stereocenters. The first-order valence-electron chi connectivity index (χ1n) is 7.39. The third-order valence-electron chi connectivity index (χ3n) is 3.87. The van der Waals surface area contributed by atoms with E-state index in [1.807, 2.05) is 19.1 Å². The number of nitrogens with one attached hydrogen (secondary N) is 1. The van der Waals surface area contributed by atoms with Crippen molar-refractivity contribution in [3.05, 3.63) is 51.1 Å². The molecule has 1 aliphatic heterocycles. The van der Waals surface area contributed by atoms with Gasteiger partial charge in [0.1, 0.15) is 11.7 Å². The van der Waals surface area contributed by atoms with Crippen LogP contribution < -0.4 is 5.56 Å². The Kier molecular flexibility index (Phi) is 3.49. The zero-order chi connectivity index (χ0) is 16.7. The number of nitrogens with zero attached hydrogens (tertiary/aromatic N) is 4. The van der Waals surface area contributed by atoms with Crippen molar-refractivity contribution in [2.24, 2.45) is 0 Å². The lowest BCUT2D eigenvalue weighted by Gasteiger charge is -2.38. The summed E-state index contributed by atoms with van der Waals surface area (Å²) in [7, 11) is 0. The molecule has 9 heteroatoms. The van der Waals surface area contributed by atoms with Crippen LogP contribution in [-0.4, -0.2) is 37.7 Å². The second kappa shape index (κ2) is 5.68. The van der Waals surface area contributed by atoms with E-state index in [2.05, 4.69) is 20.3 Å². The Morgan fingerprint density at radius 1 is 1.38 bits per heavy atom. The normalized spacial score (nSPS) is 16.9. The number of aryl methyl sites for hydroxylation is 1. The number of likely N-dealkylation sites (tertiary alicyclic amines) is 1. The van der Waals surface area contributed by atoms with E-state index in [-0.39, 0.29) is 23.2 Å². The van der Waals surface area contributed by atoms with Crippen molar-refractivity contribution in [2.75, 3.05) is 6.54 Å². The number of carbonyl (C=O) groups excluding carboxylic acids is 1. The molecule has 4 rings (SSSR count). The first kappa shape index (κ1) is 14.8. The van der Waals surface area contributed by atoms with Gasteiger partial charge in [-0.05, 0) is 31.5 Å². The number of amides is 1. The van der Waals surface area contributed by atoms with E-state index in [1.165, 1.54) is 17.0 Å². The minimum absolute atomic E-state index is 0.188. The fourth-order valence-electron chi connectivity index (χ4n) is 2.52. The van der Waals surface area contributed by atoms with Gasteiger partial charge in [0, 0.05) is 17.5 Å². The van der Waals surface area contributed by atoms with Gasteiger partial charge in [0.05, 0.1) is 4.88 Å². The maximum atomic E-state index is 12.5. The molecule has 3 aromatic heterocycles. The third-order valence-corrected chi connectivity index (χ3v) is 4.86. The Morgan fingerprint density at radius 2 is 2.25 bits per heavy atom. The monoisotopic (exact) mass is 343 g/mol. The summed E-state index contributed by atoms with van der Waals surface area (Å²) < 4.78 is 5.34. The molecule has 0 bridgehead atoms. The Hall–Kier alpha value is -2.81. The number of hydrogen-bond acceptors (Lipinski definition) is 7. The average molecular weight is 343 g/mol. The minimum atomic E-state index is -0.348. The molecule has 8 nitrogen and oxygen atoms in total. The molecule has 0 unspecified atom stereocenters. The third kappa shape index (κ3) is 2.52. The molecule has 3 aromatic rings. The van der Waals surface area contributed by atoms with Crippen molar-refractivity contribution in [3.8, 4) is 10.7 Å². The van der Waals surface area contributed by atoms with E-state index in [4.69, 9.17) is 4.52 Å². The summed E-state index contributed by atoms with van der Waals surface area (Å²) in [4.78, 5) is 31.6. The molecule has 0 saturated carbocycles. The largest absolute Gasteiger partial charge is 0.337 e. The summed E-state index contributed by atoms with van der Waals surface area (Å²) in [6.07, 6.45) is 0.750. The zero-order valence-corrected chi connectivity index (χ0v) is 13.5. The lowest BCUT2D eigenvalue weighted by atomic mass is 10.0. The SMILES string of the molecule is Cc1ccc(-c2noc([C@@H]3CCN3C(=O)c3ccc(=O)[nH]n3)n2)s1. The van der Waals surface area contributed by atoms with E-state index in [0.717, 1.165) is 11.3 Å². The molecule has 0 aromatic carbocycles. The van der Waals surface area contributed by atoms with Crippen molar-refractivity contribution in [1.29, 1.82) is 0 Å². The number of H-pyrrole nitrogens is 1. The summed E-state index contributed by atoms with van der Waals surface area (Å²) in [6.45, 7) is 2.60. The highest BCUT2D eigenvalue weighted by molar-refractivity contribution is 7.15. The summed E-state index contributed by atoms with van der Waals surface area (Å²) in [5.74, 6) is 0.680. The van der Waals surface area contributed by atoms with Gasteiger partial charge in [-0.3, -0.25) is 9.59 Å². The van der Waals surface area contributed by atoms with Crippen molar-refractivity contribution in [2.45, 2.75) is 19.4 Å². The number of aromatic amines is 1. The summed E-state index contributed by atoms with van der Waals surface area (Å²) in [5.41, 5.74) is -0.160. The van der Waals surface area contributed by atoms with Gasteiger partial charge >= 0.3 is 0 Å². The smallest absolute Gasteiger partial charge is 0.274 e. The van der Waals surface area contributed by atoms with Crippen molar-refractivity contribution >= 4 is 17.2 Å². The van der Waals surface area contributed by atoms with E-state index < -0.39 is 0 Å². The number of hydrogen-bond donors (Lipinski definition) is 1. The molecule has 1 saturated heterocycles. The fraction of sp³-hybridized carbons (Fsp3) is 0.267. The van der Waals surface area contributed by atoms with E-state index in [0.29, 0.717) is 18.3 Å². The molecule has 0 aliphatic carbocycles. The predicted molar refractivity (Wildman–Crippen MR) is 85.6 cm³/mol. The van der Waals surface area contributed by atoms with Gasteiger partial charge < -0.3 is 9.42 Å². The quantitative estimate of drug-likeness (QED) is 0.777. The first-order chi connectivity index (χ1) is 11.6. The molecule has 1 fully saturated rings. The molecule has 4 heterocycles. The second-order valence-corrected chi connectivity index (χ2v) is 6.76. The predicted octanol–water partition coefficient (Wildman–Crippen LogP) is 1.78. The van der Waals surface area contributed by atoms with Crippen LogP contribution in [0.1, 0.15) is 33.7 Å². The van der Waals surface area contributed by atoms with Crippen LogP contribution in [0.5, 0.6) is 0 Å². The Morgan fingerprint density at radius 3 is 2.88 bits per heavy atom. The number of thiophene rings is 1. The van der Waals surface area contributed by atoms with Gasteiger partial charge in [-0.2, -0.15) is 10.1 Å². The summed E-state index contributed by atoms with van der Waals surface area (Å²) in [6, 6.07) is 6.37. The van der Waals surface area contributed by atoms with Gasteiger partial charge in [0.2, 0.25) is 11.7 Å². The Balaban J connectivity index is 1.55. The molecule has 1 amide bonds. The van der Waals surface area contributed by atoms with Crippen LogP contribution in [0.4, 0.5) is 0 Å². The van der Waals surface area contributed by atoms with Crippen LogP contribution >= 0.6 is 11.3 Å². The minimum Gasteiger partial charge on any atom is -0.337 e. The van der Waals surface area contributed by atoms with Gasteiger partial charge in [-0.25, -0.2) is 5.10 Å². The first-order valence-corrected chi connectivity index (χ1v) is 8.20. The highest BCUT2D eigenvalue weighted by Gasteiger charge is 2.38. The van der Waals surface area contributed by atoms with Crippen LogP contribution in [0.3, 0.4) is 0 Å². The lowest BCUT2D eigenvalue weighted by Crippen LogP contribution is -2.45. The number of rotatable bonds is 3. The number of carbonyl (C=O) groups is 1. The molecular formula is C15H13N5O3S. The highest BCUT2D eigenvalue weighted by atomic mass is 32.1. The Labute approximate surface area is 140 Å². The van der Waals surface area contributed by atoms with Gasteiger partial charge in [0.25, 0.3) is 11.5 Å². The topological polar surface area (TPSA) is 105 Å². The summed E-state index contributed by atoms with van der Waals surface area (Å²) in [5, 5.41) is 10.0. The van der Waals surface area contributed by atoms with E-state index in [1.54, 1.807) is 16.2 Å². The second-order valence-electron chi connectivity index (χ2n) is 5.48. The van der Waals surface area contributed by atoms with Crippen LogP contribution in [0.25, 0.3) is 10.7 Å². The molecule has 1 N–H and O–H groups in total. The van der Waals surface area contributed by atoms with Crippen LogP contribution in [-0.2, 0) is 0 Å². The molecule has 1 aliphatic rings. The average Bonchev–Trinajstić information content (AvgIpc) is 3.16. The highest BCUT2D eigenvalue weighted by Crippen LogP contribution is 2.35. The fourth-order valence-corrected chi connectivity index (χ4v) is 3.32. The summed E-state index contributed by atoms with van der Waals surface area (Å²) >= 11 is 1.59. The molecule has 0 radical (unpaired) electrons. The van der Waals surface area contributed by atoms with Crippen molar-refractivity contribution < 1.29 is 9.32 Å². The molecule has 24 heavy (non-hydrogen) atoms. The molecular weight excluding hydrogens is 330 g/mol. The van der Waals surface area contributed by atoms with Crippen LogP contribution in [0.2, 0.25) is 0 Å². The van der Waals surface area contributed by atoms with Gasteiger partial charge in [-0.1, -0.05) is 5.16 Å². The van der Waals surface area contributed by atoms with E-state index in [9.17, 15) is 9.59 Å².